The summed E-state index contributed by atoms with van der Waals surface area (Å²) in [5.74, 6) is -0.160. The predicted octanol–water partition coefficient (Wildman–Crippen LogP) is 1.88. The molecule has 1 aromatic carbocycles. The summed E-state index contributed by atoms with van der Waals surface area (Å²) in [5.41, 5.74) is 0.610. The van der Waals surface area contributed by atoms with Crippen LogP contribution < -0.4 is 0 Å². The zero-order valence-corrected chi connectivity index (χ0v) is 8.14. The highest BCUT2D eigenvalue weighted by Crippen LogP contribution is 2.02. The number of carbonyl (C=O) groups is 1. The molecule has 0 radical (unpaired) electrons. The zero-order chi connectivity index (χ0) is 10.4. The second-order valence-corrected chi connectivity index (χ2v) is 2.75. The van der Waals surface area contributed by atoms with Gasteiger partial charge in [0.15, 0.2) is 0 Å². The van der Waals surface area contributed by atoms with Crippen LogP contribution in [0.1, 0.15) is 10.4 Å². The van der Waals surface area contributed by atoms with Crippen molar-refractivity contribution in [3.63, 3.8) is 0 Å². The van der Waals surface area contributed by atoms with Crippen molar-refractivity contribution in [1.82, 2.24) is 5.06 Å². The van der Waals surface area contributed by atoms with Gasteiger partial charge in [-0.15, -0.1) is 6.58 Å². The van der Waals surface area contributed by atoms with Crippen LogP contribution in [0.3, 0.4) is 0 Å². The highest BCUT2D eigenvalue weighted by atomic mass is 16.7. The largest absolute Gasteiger partial charge is 0.277 e. The lowest BCUT2D eigenvalue weighted by Gasteiger charge is -2.15. The predicted molar refractivity (Wildman–Crippen MR) is 54.7 cm³/mol. The van der Waals surface area contributed by atoms with Crippen LogP contribution in [0.15, 0.2) is 43.0 Å². The van der Waals surface area contributed by atoms with E-state index in [-0.39, 0.29) is 5.91 Å². The first kappa shape index (κ1) is 10.5. The molecule has 0 aliphatic rings. The van der Waals surface area contributed by atoms with Gasteiger partial charge in [-0.05, 0) is 12.1 Å². The molecule has 0 aromatic heterocycles. The van der Waals surface area contributed by atoms with Crippen LogP contribution in [0.25, 0.3) is 0 Å². The van der Waals surface area contributed by atoms with Crippen LogP contribution in [0.4, 0.5) is 0 Å². The Bertz CT molecular complexity index is 308. The monoisotopic (exact) mass is 191 g/mol. The Balaban J connectivity index is 2.61. The van der Waals surface area contributed by atoms with Crippen LogP contribution in [-0.2, 0) is 4.84 Å². The molecule has 0 N–H and O–H groups in total. The zero-order valence-electron chi connectivity index (χ0n) is 8.14. The molecule has 1 aromatic rings. The third kappa shape index (κ3) is 2.71. The molecule has 0 atom stereocenters. The molecule has 0 fully saturated rings. The smallest absolute Gasteiger partial charge is 0.267 e. The number of hydroxylamine groups is 2. The van der Waals surface area contributed by atoms with Crippen LogP contribution in [0, 0.1) is 0 Å². The van der Waals surface area contributed by atoms with Gasteiger partial charge in [0.2, 0.25) is 0 Å². The van der Waals surface area contributed by atoms with Gasteiger partial charge in [0, 0.05) is 12.6 Å². The maximum atomic E-state index is 11.6. The van der Waals surface area contributed by atoms with Gasteiger partial charge in [-0.2, -0.15) is 0 Å². The number of amides is 1. The number of hydrogen-bond acceptors (Lipinski definition) is 2. The summed E-state index contributed by atoms with van der Waals surface area (Å²) in [6.07, 6.45) is 1.59. The number of hydrogen-bond donors (Lipinski definition) is 0. The number of nitrogens with zero attached hydrogens (tertiary/aromatic N) is 1. The lowest BCUT2D eigenvalue weighted by molar-refractivity contribution is -0.0932. The first-order valence-electron chi connectivity index (χ1n) is 4.32. The molecule has 14 heavy (non-hydrogen) atoms. The quantitative estimate of drug-likeness (QED) is 0.537. The summed E-state index contributed by atoms with van der Waals surface area (Å²) < 4.78 is 0. The molecule has 0 saturated carbocycles. The molecule has 0 aliphatic carbocycles. The Morgan fingerprint density at radius 1 is 1.50 bits per heavy atom. The second-order valence-electron chi connectivity index (χ2n) is 2.75. The summed E-state index contributed by atoms with van der Waals surface area (Å²) in [6, 6.07) is 8.98. The molecule has 0 unspecified atom stereocenters. The normalized spacial score (nSPS) is 9.50. The van der Waals surface area contributed by atoms with Gasteiger partial charge in [0.25, 0.3) is 5.91 Å². The van der Waals surface area contributed by atoms with E-state index < -0.39 is 0 Å². The Labute approximate surface area is 83.6 Å². The third-order valence-corrected chi connectivity index (χ3v) is 1.69. The van der Waals surface area contributed by atoms with Crippen molar-refractivity contribution in [3.05, 3.63) is 48.6 Å². The van der Waals surface area contributed by atoms with Gasteiger partial charge in [-0.25, -0.2) is 5.06 Å². The minimum Gasteiger partial charge on any atom is -0.267 e. The van der Waals surface area contributed by atoms with E-state index in [1.54, 1.807) is 25.3 Å². The Kier molecular flexibility index (Phi) is 3.88. The SMILES string of the molecule is C=CCON(C)C(=O)c1ccccc1. The van der Waals surface area contributed by atoms with Crippen LogP contribution in [-0.4, -0.2) is 24.6 Å². The van der Waals surface area contributed by atoms with Crippen LogP contribution in [0.5, 0.6) is 0 Å². The summed E-state index contributed by atoms with van der Waals surface area (Å²) >= 11 is 0. The van der Waals surface area contributed by atoms with Gasteiger partial charge in [-0.1, -0.05) is 24.3 Å². The molecule has 0 heterocycles. The minimum atomic E-state index is -0.160. The van der Waals surface area contributed by atoms with Crippen LogP contribution in [0.2, 0.25) is 0 Å². The molecule has 3 nitrogen and oxygen atoms in total. The molecule has 74 valence electrons. The van der Waals surface area contributed by atoms with Gasteiger partial charge in [-0.3, -0.25) is 9.63 Å². The Hall–Kier alpha value is -1.61. The molecule has 0 saturated heterocycles. The number of benzene rings is 1. The lowest BCUT2D eigenvalue weighted by atomic mass is 10.2. The molecular formula is C11H13NO2. The van der Waals surface area contributed by atoms with Gasteiger partial charge >= 0.3 is 0 Å². The maximum absolute atomic E-state index is 11.6. The lowest BCUT2D eigenvalue weighted by Crippen LogP contribution is -2.26. The molecule has 3 heteroatoms. The Morgan fingerprint density at radius 3 is 2.71 bits per heavy atom. The van der Waals surface area contributed by atoms with E-state index in [1.807, 2.05) is 18.2 Å². The topological polar surface area (TPSA) is 29.5 Å². The fourth-order valence-corrected chi connectivity index (χ4v) is 0.986. The first-order valence-corrected chi connectivity index (χ1v) is 4.32. The van der Waals surface area contributed by atoms with Gasteiger partial charge in [0.1, 0.15) is 0 Å². The average molecular weight is 191 g/mol. The highest BCUT2D eigenvalue weighted by Gasteiger charge is 2.10. The number of carbonyl (C=O) groups excluding carboxylic acids is 1. The first-order chi connectivity index (χ1) is 6.75. The molecule has 1 rings (SSSR count). The van der Waals surface area contributed by atoms with Crippen molar-refractivity contribution in [1.29, 1.82) is 0 Å². The van der Waals surface area contributed by atoms with Gasteiger partial charge in [0.05, 0.1) is 6.61 Å². The third-order valence-electron chi connectivity index (χ3n) is 1.69. The second kappa shape index (κ2) is 5.19. The van der Waals surface area contributed by atoms with Crippen LogP contribution >= 0.6 is 0 Å². The number of rotatable bonds is 4. The van der Waals surface area contributed by atoms with Crippen molar-refractivity contribution in [2.45, 2.75) is 0 Å². The van der Waals surface area contributed by atoms with Crippen molar-refractivity contribution in [2.24, 2.45) is 0 Å². The van der Waals surface area contributed by atoms with E-state index in [1.165, 1.54) is 5.06 Å². The maximum Gasteiger partial charge on any atom is 0.277 e. The van der Waals surface area contributed by atoms with E-state index in [0.717, 1.165) is 0 Å². The Morgan fingerprint density at radius 2 is 2.14 bits per heavy atom. The van der Waals surface area contributed by atoms with E-state index in [2.05, 4.69) is 6.58 Å². The molecular weight excluding hydrogens is 178 g/mol. The van der Waals surface area contributed by atoms with Gasteiger partial charge < -0.3 is 0 Å². The molecule has 0 bridgehead atoms. The van der Waals surface area contributed by atoms with Crippen molar-refractivity contribution in [3.8, 4) is 0 Å². The average Bonchev–Trinajstić information content (AvgIpc) is 2.26. The van der Waals surface area contributed by atoms with Crippen molar-refractivity contribution in [2.75, 3.05) is 13.7 Å². The van der Waals surface area contributed by atoms with E-state index in [0.29, 0.717) is 12.2 Å². The standard InChI is InChI=1S/C11H13NO2/c1-3-9-14-12(2)11(13)10-7-5-4-6-8-10/h3-8H,1,9H2,2H3. The fourth-order valence-electron chi connectivity index (χ4n) is 0.986. The summed E-state index contributed by atoms with van der Waals surface area (Å²) in [4.78, 5) is 16.7. The summed E-state index contributed by atoms with van der Waals surface area (Å²) in [5, 5.41) is 1.21. The molecule has 0 spiro atoms. The summed E-state index contributed by atoms with van der Waals surface area (Å²) in [6.45, 7) is 3.83. The van der Waals surface area contributed by atoms with Crippen molar-refractivity contribution < 1.29 is 9.63 Å². The summed E-state index contributed by atoms with van der Waals surface area (Å²) in [7, 11) is 1.58. The highest BCUT2D eigenvalue weighted by molar-refractivity contribution is 5.93. The van der Waals surface area contributed by atoms with Crippen molar-refractivity contribution >= 4 is 5.91 Å². The fraction of sp³-hybridized carbons (Fsp3) is 0.182. The molecule has 1 amide bonds. The van der Waals surface area contributed by atoms with E-state index in [9.17, 15) is 4.79 Å². The van der Waals surface area contributed by atoms with E-state index in [4.69, 9.17) is 4.84 Å². The minimum absolute atomic E-state index is 0.160. The van der Waals surface area contributed by atoms with E-state index >= 15 is 0 Å². The molecule has 0 aliphatic heterocycles.